The van der Waals surface area contributed by atoms with Crippen molar-refractivity contribution in [2.45, 2.75) is 0 Å². The van der Waals surface area contributed by atoms with Crippen molar-refractivity contribution < 1.29 is 14.3 Å². The van der Waals surface area contributed by atoms with E-state index in [0.29, 0.717) is 41.8 Å². The molecule has 138 valence electrons. The summed E-state index contributed by atoms with van der Waals surface area (Å²) in [5.41, 5.74) is 1.70. The summed E-state index contributed by atoms with van der Waals surface area (Å²) in [5.74, 6) is 1.40. The van der Waals surface area contributed by atoms with Crippen LogP contribution in [0, 0.1) is 11.3 Å². The maximum atomic E-state index is 12.3. The molecule has 8 heteroatoms. The van der Waals surface area contributed by atoms with E-state index >= 15 is 0 Å². The van der Waals surface area contributed by atoms with Crippen molar-refractivity contribution in [3.8, 4) is 17.6 Å². The van der Waals surface area contributed by atoms with Crippen LogP contribution in [0.15, 0.2) is 54.9 Å². The fourth-order valence-corrected chi connectivity index (χ4v) is 2.65. The number of amides is 1. The molecule has 4 rings (SSSR count). The Morgan fingerprint density at radius 3 is 2.64 bits per heavy atom. The van der Waals surface area contributed by atoms with Gasteiger partial charge in [-0.1, -0.05) is 12.1 Å². The van der Waals surface area contributed by atoms with Gasteiger partial charge in [-0.2, -0.15) is 5.26 Å². The second-order valence-electron chi connectivity index (χ2n) is 5.88. The van der Waals surface area contributed by atoms with Crippen LogP contribution >= 0.6 is 0 Å². The molecule has 8 nitrogen and oxygen atoms in total. The van der Waals surface area contributed by atoms with Gasteiger partial charge in [0.2, 0.25) is 0 Å². The minimum Gasteiger partial charge on any atom is -0.486 e. The molecule has 0 saturated heterocycles. The molecule has 3 aromatic rings. The number of fused-ring (bicyclic) bond motifs is 1. The lowest BCUT2D eigenvalue weighted by atomic mass is 10.2. The Labute approximate surface area is 160 Å². The average Bonchev–Trinajstić information content (AvgIpc) is 2.74. The number of anilines is 3. The molecule has 0 fully saturated rings. The lowest BCUT2D eigenvalue weighted by Gasteiger charge is -2.19. The lowest BCUT2D eigenvalue weighted by molar-refractivity contribution is 0.102. The molecule has 0 aliphatic carbocycles. The van der Waals surface area contributed by atoms with Gasteiger partial charge in [0, 0.05) is 11.8 Å². The summed E-state index contributed by atoms with van der Waals surface area (Å²) in [4.78, 5) is 20.7. The van der Waals surface area contributed by atoms with Gasteiger partial charge in [-0.3, -0.25) is 4.79 Å². The van der Waals surface area contributed by atoms with Gasteiger partial charge in [-0.15, -0.1) is 0 Å². The van der Waals surface area contributed by atoms with E-state index in [1.807, 2.05) is 24.3 Å². The third-order valence-corrected chi connectivity index (χ3v) is 3.99. The predicted molar refractivity (Wildman–Crippen MR) is 102 cm³/mol. The molecule has 0 radical (unpaired) electrons. The number of carbonyl (C=O) groups is 1. The van der Waals surface area contributed by atoms with Crippen molar-refractivity contribution in [1.29, 1.82) is 5.26 Å². The predicted octanol–water partition coefficient (Wildman–Crippen LogP) is 3.12. The van der Waals surface area contributed by atoms with Crippen LogP contribution in [0.1, 0.15) is 16.1 Å². The van der Waals surface area contributed by atoms with Crippen molar-refractivity contribution in [2.24, 2.45) is 0 Å². The fraction of sp³-hybridized carbons (Fsp3) is 0.100. The van der Waals surface area contributed by atoms with Gasteiger partial charge in [0.25, 0.3) is 5.91 Å². The van der Waals surface area contributed by atoms with Gasteiger partial charge in [0.1, 0.15) is 30.8 Å². The number of nitriles is 1. The first kappa shape index (κ1) is 17.3. The van der Waals surface area contributed by atoms with E-state index in [1.54, 1.807) is 24.3 Å². The highest BCUT2D eigenvalue weighted by Crippen LogP contribution is 2.33. The monoisotopic (exact) mass is 373 g/mol. The van der Waals surface area contributed by atoms with Crippen LogP contribution in [0.3, 0.4) is 0 Å². The summed E-state index contributed by atoms with van der Waals surface area (Å²) < 4.78 is 11.0. The maximum Gasteiger partial charge on any atom is 0.275 e. The second kappa shape index (κ2) is 7.63. The number of rotatable bonds is 4. The number of nitrogens with zero attached hydrogens (tertiary/aromatic N) is 3. The summed E-state index contributed by atoms with van der Waals surface area (Å²) in [6.07, 6.45) is 2.83. The molecule has 1 amide bonds. The number of benzene rings is 2. The minimum atomic E-state index is -0.443. The van der Waals surface area contributed by atoms with Gasteiger partial charge >= 0.3 is 0 Å². The van der Waals surface area contributed by atoms with E-state index in [9.17, 15) is 4.79 Å². The SMILES string of the molecule is N#Cc1ccccc1NC(=O)c1cnc(Nc2ccc3c(c2)OCCO3)cn1. The average molecular weight is 373 g/mol. The van der Waals surface area contributed by atoms with Crippen LogP contribution in [-0.2, 0) is 0 Å². The van der Waals surface area contributed by atoms with Gasteiger partial charge < -0.3 is 20.1 Å². The smallest absolute Gasteiger partial charge is 0.275 e. The number of carbonyl (C=O) groups excluding carboxylic acids is 1. The van der Waals surface area contributed by atoms with Crippen molar-refractivity contribution in [3.63, 3.8) is 0 Å². The molecule has 0 unspecified atom stereocenters. The number of ether oxygens (including phenoxy) is 2. The highest BCUT2D eigenvalue weighted by Gasteiger charge is 2.13. The Bertz CT molecular complexity index is 1060. The molecule has 28 heavy (non-hydrogen) atoms. The maximum absolute atomic E-state index is 12.3. The molecule has 2 heterocycles. The standard InChI is InChI=1S/C20H15N5O3/c21-10-13-3-1-2-4-15(13)25-20(26)16-11-23-19(12-22-16)24-14-5-6-17-18(9-14)28-8-7-27-17/h1-6,9,11-12H,7-8H2,(H,23,24)(H,25,26). The van der Waals surface area contributed by atoms with Crippen LogP contribution in [-0.4, -0.2) is 29.1 Å². The molecule has 0 bridgehead atoms. The first-order valence-corrected chi connectivity index (χ1v) is 8.52. The van der Waals surface area contributed by atoms with Gasteiger partial charge in [0.05, 0.1) is 23.6 Å². The van der Waals surface area contributed by atoms with Crippen molar-refractivity contribution in [2.75, 3.05) is 23.8 Å². The van der Waals surface area contributed by atoms with Gasteiger partial charge in [-0.05, 0) is 24.3 Å². The van der Waals surface area contributed by atoms with Crippen molar-refractivity contribution in [1.82, 2.24) is 9.97 Å². The van der Waals surface area contributed by atoms with Crippen LogP contribution in [0.5, 0.6) is 11.5 Å². The Hall–Kier alpha value is -4.12. The number of para-hydroxylation sites is 1. The summed E-state index contributed by atoms with van der Waals surface area (Å²) >= 11 is 0. The van der Waals surface area contributed by atoms with E-state index in [2.05, 4.69) is 20.6 Å². The second-order valence-corrected chi connectivity index (χ2v) is 5.88. The number of hydrogen-bond acceptors (Lipinski definition) is 7. The number of nitrogens with one attached hydrogen (secondary N) is 2. The van der Waals surface area contributed by atoms with Crippen LogP contribution in [0.4, 0.5) is 17.2 Å². The molecular formula is C20H15N5O3. The van der Waals surface area contributed by atoms with Gasteiger partial charge in [0.15, 0.2) is 11.5 Å². The molecule has 1 aliphatic rings. The van der Waals surface area contributed by atoms with Crippen molar-refractivity contribution >= 4 is 23.1 Å². The van der Waals surface area contributed by atoms with Crippen LogP contribution < -0.4 is 20.1 Å². The zero-order valence-electron chi connectivity index (χ0n) is 14.7. The zero-order chi connectivity index (χ0) is 19.3. The first-order valence-electron chi connectivity index (χ1n) is 8.52. The van der Waals surface area contributed by atoms with Crippen molar-refractivity contribution in [3.05, 3.63) is 66.1 Å². The Morgan fingerprint density at radius 2 is 1.86 bits per heavy atom. The Kier molecular flexibility index (Phi) is 4.72. The minimum absolute atomic E-state index is 0.139. The van der Waals surface area contributed by atoms with Gasteiger partial charge in [-0.25, -0.2) is 9.97 Å². The van der Waals surface area contributed by atoms with E-state index in [1.165, 1.54) is 12.4 Å². The number of hydrogen-bond donors (Lipinski definition) is 2. The summed E-state index contributed by atoms with van der Waals surface area (Å²) in [6.45, 7) is 1.04. The number of aromatic nitrogens is 2. The molecule has 0 atom stereocenters. The largest absolute Gasteiger partial charge is 0.486 e. The fourth-order valence-electron chi connectivity index (χ4n) is 2.65. The van der Waals surface area contributed by atoms with Crippen LogP contribution in [0.25, 0.3) is 0 Å². The lowest BCUT2D eigenvalue weighted by Crippen LogP contribution is -2.15. The molecule has 0 saturated carbocycles. The van der Waals surface area contributed by atoms with E-state index in [-0.39, 0.29) is 5.69 Å². The summed E-state index contributed by atoms with van der Waals surface area (Å²) in [5, 5.41) is 14.9. The molecule has 2 N–H and O–H groups in total. The summed E-state index contributed by atoms with van der Waals surface area (Å²) in [7, 11) is 0. The van der Waals surface area contributed by atoms with E-state index in [0.717, 1.165) is 5.69 Å². The Morgan fingerprint density at radius 1 is 1.04 bits per heavy atom. The van der Waals surface area contributed by atoms with Crippen LogP contribution in [0.2, 0.25) is 0 Å². The first-order chi connectivity index (χ1) is 13.7. The molecule has 0 spiro atoms. The van der Waals surface area contributed by atoms with E-state index in [4.69, 9.17) is 14.7 Å². The topological polar surface area (TPSA) is 109 Å². The summed E-state index contributed by atoms with van der Waals surface area (Å²) in [6, 6.07) is 14.3. The third kappa shape index (κ3) is 3.68. The quantitative estimate of drug-likeness (QED) is 0.723. The zero-order valence-corrected chi connectivity index (χ0v) is 14.7. The Balaban J connectivity index is 1.45. The highest BCUT2D eigenvalue weighted by atomic mass is 16.6. The molecule has 2 aromatic carbocycles. The molecule has 1 aliphatic heterocycles. The third-order valence-electron chi connectivity index (χ3n) is 3.99. The van der Waals surface area contributed by atoms with E-state index < -0.39 is 5.91 Å². The molecular weight excluding hydrogens is 358 g/mol. The highest BCUT2D eigenvalue weighted by molar-refractivity contribution is 6.03. The molecule has 1 aromatic heterocycles. The normalized spacial score (nSPS) is 12.0.